The number of anilines is 1. The molecule has 0 aliphatic rings. The molecule has 0 radical (unpaired) electrons. The number of amides is 2. The Kier molecular flexibility index (Phi) is 6.49. The second kappa shape index (κ2) is 9.24. The third-order valence-corrected chi connectivity index (χ3v) is 4.77. The third kappa shape index (κ3) is 5.04. The van der Waals surface area contributed by atoms with Crippen molar-refractivity contribution in [2.75, 3.05) is 19.0 Å². The average molecular weight is 404 g/mol. The van der Waals surface area contributed by atoms with Gasteiger partial charge in [0.05, 0.1) is 19.3 Å². The number of carbonyl (C=O) groups is 2. The van der Waals surface area contributed by atoms with Gasteiger partial charge in [0, 0.05) is 0 Å². The van der Waals surface area contributed by atoms with E-state index in [-0.39, 0.29) is 6.54 Å². The zero-order chi connectivity index (χ0) is 21.6. The molecule has 30 heavy (non-hydrogen) atoms. The maximum Gasteiger partial charge on any atom is 0.313 e. The van der Waals surface area contributed by atoms with Crippen molar-refractivity contribution in [3.63, 3.8) is 0 Å². The number of hydrogen-bond acceptors (Lipinski definition) is 4. The summed E-state index contributed by atoms with van der Waals surface area (Å²) in [4.78, 5) is 24.4. The van der Waals surface area contributed by atoms with Crippen LogP contribution in [0.3, 0.4) is 0 Å². The lowest BCUT2D eigenvalue weighted by atomic mass is 9.93. The van der Waals surface area contributed by atoms with Crippen molar-refractivity contribution in [2.24, 2.45) is 0 Å². The molecule has 0 spiro atoms. The van der Waals surface area contributed by atoms with Gasteiger partial charge in [-0.3, -0.25) is 9.59 Å². The monoisotopic (exact) mass is 404 g/mol. The molecule has 0 aromatic heterocycles. The first-order valence-corrected chi connectivity index (χ1v) is 9.51. The Morgan fingerprint density at radius 3 is 2.13 bits per heavy atom. The minimum absolute atomic E-state index is 0.115. The predicted molar refractivity (Wildman–Crippen MR) is 116 cm³/mol. The highest BCUT2D eigenvalue weighted by molar-refractivity contribution is 6.39. The summed E-state index contributed by atoms with van der Waals surface area (Å²) in [5.41, 5.74) is 1.78. The number of hydrogen-bond donors (Lipinski definition) is 3. The SMILES string of the molecule is COc1ccccc1NC(=O)C(=O)NCC(C)(O)c1ccc(-c2ccccc2)cc1. The van der Waals surface area contributed by atoms with E-state index in [1.165, 1.54) is 7.11 Å². The molecule has 3 rings (SSSR count). The van der Waals surface area contributed by atoms with E-state index >= 15 is 0 Å². The summed E-state index contributed by atoms with van der Waals surface area (Å²) in [7, 11) is 1.48. The zero-order valence-corrected chi connectivity index (χ0v) is 16.9. The largest absolute Gasteiger partial charge is 0.495 e. The number of nitrogens with one attached hydrogen (secondary N) is 2. The fourth-order valence-electron chi connectivity index (χ4n) is 3.01. The maximum absolute atomic E-state index is 12.2. The number of benzene rings is 3. The lowest BCUT2D eigenvalue weighted by Gasteiger charge is -2.24. The van der Waals surface area contributed by atoms with Gasteiger partial charge >= 0.3 is 11.8 Å². The van der Waals surface area contributed by atoms with Crippen LogP contribution in [0.4, 0.5) is 5.69 Å². The van der Waals surface area contributed by atoms with Gasteiger partial charge in [0.1, 0.15) is 11.4 Å². The van der Waals surface area contributed by atoms with Crippen LogP contribution in [-0.4, -0.2) is 30.6 Å². The second-order valence-corrected chi connectivity index (χ2v) is 7.05. The van der Waals surface area contributed by atoms with E-state index in [4.69, 9.17) is 4.74 Å². The highest BCUT2D eigenvalue weighted by atomic mass is 16.5. The fourth-order valence-corrected chi connectivity index (χ4v) is 3.01. The Hall–Kier alpha value is -3.64. The normalized spacial score (nSPS) is 12.5. The smallest absolute Gasteiger partial charge is 0.313 e. The number of methoxy groups -OCH3 is 1. The fraction of sp³-hybridized carbons (Fsp3) is 0.167. The van der Waals surface area contributed by atoms with Crippen LogP contribution < -0.4 is 15.4 Å². The van der Waals surface area contributed by atoms with Crippen LogP contribution in [0.15, 0.2) is 78.9 Å². The van der Waals surface area contributed by atoms with Gasteiger partial charge in [0.2, 0.25) is 0 Å². The summed E-state index contributed by atoms with van der Waals surface area (Å²) in [5, 5.41) is 15.8. The highest BCUT2D eigenvalue weighted by Gasteiger charge is 2.25. The quantitative estimate of drug-likeness (QED) is 0.550. The molecule has 6 nitrogen and oxygen atoms in total. The number of carbonyl (C=O) groups excluding carboxylic acids is 2. The standard InChI is InChI=1S/C24H24N2O4/c1-24(29,19-14-12-18(13-15-19)17-8-4-3-5-9-17)16-25-22(27)23(28)26-20-10-6-7-11-21(20)30-2/h3-15,29H,16H2,1-2H3,(H,25,27)(H,26,28). The Balaban J connectivity index is 1.61. The molecular weight excluding hydrogens is 380 g/mol. The molecule has 0 saturated carbocycles. The minimum Gasteiger partial charge on any atom is -0.495 e. The topological polar surface area (TPSA) is 87.7 Å². The van der Waals surface area contributed by atoms with Gasteiger partial charge in [-0.25, -0.2) is 0 Å². The van der Waals surface area contributed by atoms with Crippen molar-refractivity contribution in [1.29, 1.82) is 0 Å². The summed E-state index contributed by atoms with van der Waals surface area (Å²) >= 11 is 0. The van der Waals surface area contributed by atoms with Gasteiger partial charge in [0.15, 0.2) is 0 Å². The lowest BCUT2D eigenvalue weighted by molar-refractivity contribution is -0.136. The van der Waals surface area contributed by atoms with E-state index in [2.05, 4.69) is 10.6 Å². The van der Waals surface area contributed by atoms with Gasteiger partial charge in [-0.1, -0.05) is 66.7 Å². The first kappa shape index (κ1) is 21.1. The van der Waals surface area contributed by atoms with Crippen molar-refractivity contribution in [3.8, 4) is 16.9 Å². The van der Waals surface area contributed by atoms with Crippen LogP contribution >= 0.6 is 0 Å². The summed E-state index contributed by atoms with van der Waals surface area (Å²) < 4.78 is 5.15. The van der Waals surface area contributed by atoms with Gasteiger partial charge in [0.25, 0.3) is 0 Å². The third-order valence-electron chi connectivity index (χ3n) is 4.77. The Morgan fingerprint density at radius 1 is 0.867 bits per heavy atom. The molecular formula is C24H24N2O4. The van der Waals surface area contributed by atoms with Crippen molar-refractivity contribution >= 4 is 17.5 Å². The van der Waals surface area contributed by atoms with Crippen molar-refractivity contribution < 1.29 is 19.4 Å². The Labute approximate surface area is 175 Å². The van der Waals surface area contributed by atoms with Crippen molar-refractivity contribution in [1.82, 2.24) is 5.32 Å². The highest BCUT2D eigenvalue weighted by Crippen LogP contribution is 2.25. The lowest BCUT2D eigenvalue weighted by Crippen LogP contribution is -2.43. The van der Waals surface area contributed by atoms with E-state index in [1.54, 1.807) is 31.2 Å². The van der Waals surface area contributed by atoms with Crippen LogP contribution in [0.25, 0.3) is 11.1 Å². The molecule has 1 atom stereocenters. The van der Waals surface area contributed by atoms with Crippen LogP contribution in [-0.2, 0) is 15.2 Å². The number of rotatable bonds is 6. The molecule has 0 bridgehead atoms. The molecule has 1 unspecified atom stereocenters. The summed E-state index contributed by atoms with van der Waals surface area (Å²) in [6, 6.07) is 24.1. The molecule has 0 saturated heterocycles. The number of ether oxygens (including phenoxy) is 1. The van der Waals surface area contributed by atoms with E-state index in [0.717, 1.165) is 11.1 Å². The molecule has 2 amide bonds. The van der Waals surface area contributed by atoms with E-state index in [1.807, 2.05) is 54.6 Å². The molecule has 0 fully saturated rings. The molecule has 154 valence electrons. The van der Waals surface area contributed by atoms with Crippen molar-refractivity contribution in [3.05, 3.63) is 84.4 Å². The average Bonchev–Trinajstić information content (AvgIpc) is 2.78. The van der Waals surface area contributed by atoms with Gasteiger partial charge in [-0.15, -0.1) is 0 Å². The van der Waals surface area contributed by atoms with Gasteiger partial charge < -0.3 is 20.5 Å². The van der Waals surface area contributed by atoms with Gasteiger partial charge in [-0.05, 0) is 35.7 Å². The van der Waals surface area contributed by atoms with E-state index in [0.29, 0.717) is 17.0 Å². The van der Waals surface area contributed by atoms with Crippen LogP contribution in [0.5, 0.6) is 5.75 Å². The van der Waals surface area contributed by atoms with Crippen LogP contribution in [0.1, 0.15) is 12.5 Å². The summed E-state index contributed by atoms with van der Waals surface area (Å²) in [6.45, 7) is 1.47. The first-order valence-electron chi connectivity index (χ1n) is 9.51. The minimum atomic E-state index is -1.34. The molecule has 3 aromatic carbocycles. The maximum atomic E-state index is 12.2. The molecule has 0 aliphatic heterocycles. The van der Waals surface area contributed by atoms with Crippen molar-refractivity contribution in [2.45, 2.75) is 12.5 Å². The molecule has 3 N–H and O–H groups in total. The molecule has 0 heterocycles. The predicted octanol–water partition coefficient (Wildman–Crippen LogP) is 3.32. The summed E-state index contributed by atoms with van der Waals surface area (Å²) in [6.07, 6.45) is 0. The van der Waals surface area contributed by atoms with Crippen LogP contribution in [0.2, 0.25) is 0 Å². The van der Waals surface area contributed by atoms with E-state index in [9.17, 15) is 14.7 Å². The van der Waals surface area contributed by atoms with Gasteiger partial charge in [-0.2, -0.15) is 0 Å². The van der Waals surface area contributed by atoms with E-state index < -0.39 is 17.4 Å². The Bertz CT molecular complexity index is 1010. The molecule has 3 aromatic rings. The number of para-hydroxylation sites is 2. The number of aliphatic hydroxyl groups is 1. The summed E-state index contributed by atoms with van der Waals surface area (Å²) in [5.74, 6) is -1.24. The molecule has 0 aliphatic carbocycles. The Morgan fingerprint density at radius 2 is 1.47 bits per heavy atom. The zero-order valence-electron chi connectivity index (χ0n) is 16.9. The molecule has 6 heteroatoms. The van der Waals surface area contributed by atoms with Crippen LogP contribution in [0, 0.1) is 0 Å². The second-order valence-electron chi connectivity index (χ2n) is 7.05. The first-order chi connectivity index (χ1) is 14.4.